The maximum absolute atomic E-state index is 10.4. The molecule has 0 unspecified atom stereocenters. The number of rotatable bonds is 2. The summed E-state index contributed by atoms with van der Waals surface area (Å²) < 4.78 is 0. The second kappa shape index (κ2) is 5.83. The van der Waals surface area contributed by atoms with Crippen LogP contribution in [0.5, 0.6) is 0 Å². The van der Waals surface area contributed by atoms with E-state index in [2.05, 4.69) is 5.32 Å². The summed E-state index contributed by atoms with van der Waals surface area (Å²) in [4.78, 5) is 20.9. The molecule has 0 spiro atoms. The van der Waals surface area contributed by atoms with E-state index < -0.39 is 0 Å². The van der Waals surface area contributed by atoms with Crippen molar-refractivity contribution in [1.29, 1.82) is 0 Å². The highest BCUT2D eigenvalue weighted by Crippen LogP contribution is 2.26. The Morgan fingerprint density at radius 1 is 1.47 bits per heavy atom. The normalized spacial score (nSPS) is 11.6. The van der Waals surface area contributed by atoms with Crippen LogP contribution in [0, 0.1) is 10.1 Å². The zero-order valence-corrected chi connectivity index (χ0v) is 9.84. The lowest BCUT2D eigenvalue weighted by Gasteiger charge is -1.97. The number of nitrogens with one attached hydrogen (secondary N) is 1. The molecule has 6 heteroatoms. The van der Waals surface area contributed by atoms with Crippen molar-refractivity contribution >= 4 is 17.8 Å². The second-order valence-electron chi connectivity index (χ2n) is 3.84. The Labute approximate surface area is 99.4 Å². The number of non-ortho nitro benzene ring substituents is 1. The van der Waals surface area contributed by atoms with Gasteiger partial charge in [0.05, 0.1) is 4.92 Å². The molecule has 0 fully saturated rings. The van der Waals surface area contributed by atoms with E-state index in [1.165, 1.54) is 10.5 Å². The zero-order chi connectivity index (χ0) is 12.8. The number of nitro benzene ring substituents is 1. The lowest BCUT2D eigenvalue weighted by Crippen LogP contribution is -2.06. The van der Waals surface area contributed by atoms with Crippen LogP contribution in [-0.2, 0) is 11.2 Å². The lowest BCUT2D eigenvalue weighted by atomic mass is 10.1. The van der Waals surface area contributed by atoms with Gasteiger partial charge in [0.1, 0.15) is 0 Å². The molecule has 1 N–H and O–H groups in total. The highest BCUT2D eigenvalue weighted by molar-refractivity contribution is 5.60. The average Bonchev–Trinajstić information content (AvgIpc) is 2.76. The van der Waals surface area contributed by atoms with Gasteiger partial charge in [-0.2, -0.15) is 0 Å². The van der Waals surface area contributed by atoms with Crippen molar-refractivity contribution < 1.29 is 9.72 Å². The van der Waals surface area contributed by atoms with Gasteiger partial charge in [-0.05, 0) is 12.0 Å². The van der Waals surface area contributed by atoms with E-state index in [1.807, 2.05) is 6.07 Å². The molecule has 0 atom stereocenters. The smallest absolute Gasteiger partial charge is 0.271 e. The molecular formula is C11H15N3O3. The van der Waals surface area contributed by atoms with Gasteiger partial charge in [-0.1, -0.05) is 6.07 Å². The van der Waals surface area contributed by atoms with E-state index >= 15 is 0 Å². The second-order valence-corrected chi connectivity index (χ2v) is 3.84. The van der Waals surface area contributed by atoms with E-state index in [-0.39, 0.29) is 10.6 Å². The minimum atomic E-state index is -0.375. The van der Waals surface area contributed by atoms with Crippen LogP contribution >= 0.6 is 0 Å². The molecule has 1 aromatic rings. The summed E-state index contributed by atoms with van der Waals surface area (Å²) in [5, 5.41) is 13.5. The molecule has 2 rings (SSSR count). The highest BCUT2D eigenvalue weighted by atomic mass is 16.6. The van der Waals surface area contributed by atoms with Crippen molar-refractivity contribution in [1.82, 2.24) is 4.90 Å². The zero-order valence-electron chi connectivity index (χ0n) is 9.84. The Morgan fingerprint density at radius 2 is 2.12 bits per heavy atom. The van der Waals surface area contributed by atoms with Crippen molar-refractivity contribution in [2.24, 2.45) is 0 Å². The number of hydrogen-bond acceptors (Lipinski definition) is 4. The van der Waals surface area contributed by atoms with E-state index in [0.29, 0.717) is 0 Å². The molecular weight excluding hydrogens is 222 g/mol. The fourth-order valence-corrected chi connectivity index (χ4v) is 1.39. The summed E-state index contributed by atoms with van der Waals surface area (Å²) in [5.74, 6) is 0. The van der Waals surface area contributed by atoms with Gasteiger partial charge >= 0.3 is 0 Å². The fourth-order valence-electron chi connectivity index (χ4n) is 1.39. The minimum Gasteiger partial charge on any atom is -0.384 e. The Kier molecular flexibility index (Phi) is 4.45. The van der Waals surface area contributed by atoms with Gasteiger partial charge in [0.15, 0.2) is 0 Å². The average molecular weight is 237 g/mol. The van der Waals surface area contributed by atoms with Crippen LogP contribution in [0.2, 0.25) is 0 Å². The maximum Gasteiger partial charge on any atom is 0.271 e. The first-order valence-electron chi connectivity index (χ1n) is 5.17. The van der Waals surface area contributed by atoms with Gasteiger partial charge in [-0.25, -0.2) is 0 Å². The molecule has 1 aliphatic rings. The van der Waals surface area contributed by atoms with E-state index in [1.54, 1.807) is 26.2 Å². The molecule has 0 saturated carbocycles. The number of hydrogen-bond donors (Lipinski definition) is 1. The molecule has 1 aromatic carbocycles. The number of amides is 1. The molecule has 0 aromatic heterocycles. The summed E-state index contributed by atoms with van der Waals surface area (Å²) in [7, 11) is 3.38. The number of fused-ring (bicyclic) bond motifs is 1. The minimum absolute atomic E-state index is 0.156. The van der Waals surface area contributed by atoms with Crippen molar-refractivity contribution in [3.05, 3.63) is 33.9 Å². The topological polar surface area (TPSA) is 75.5 Å². The molecule has 0 radical (unpaired) electrons. The first kappa shape index (κ1) is 13.0. The summed E-state index contributed by atoms with van der Waals surface area (Å²) in [6.07, 6.45) is 1.72. The largest absolute Gasteiger partial charge is 0.384 e. The van der Waals surface area contributed by atoms with E-state index in [4.69, 9.17) is 0 Å². The third-order valence-electron chi connectivity index (χ3n) is 2.22. The monoisotopic (exact) mass is 237 g/mol. The SMILES string of the molecule is CN(C)C=O.O=[N+]([O-])c1ccc2c(c1)NCC2. The summed E-state index contributed by atoms with van der Waals surface area (Å²) in [5.41, 5.74) is 2.23. The van der Waals surface area contributed by atoms with Crippen LogP contribution < -0.4 is 5.32 Å². The highest BCUT2D eigenvalue weighted by Gasteiger charge is 2.13. The predicted octanol–water partition coefficient (Wildman–Crippen LogP) is 1.27. The van der Waals surface area contributed by atoms with Crippen LogP contribution in [-0.4, -0.2) is 36.9 Å². The number of carbonyl (C=O) groups is 1. The van der Waals surface area contributed by atoms with Gasteiger partial charge in [0.2, 0.25) is 6.41 Å². The third kappa shape index (κ3) is 3.75. The Balaban J connectivity index is 0.000000249. The Morgan fingerprint density at radius 3 is 2.65 bits per heavy atom. The van der Waals surface area contributed by atoms with Gasteiger partial charge in [0.25, 0.3) is 5.69 Å². The number of carbonyl (C=O) groups excluding carboxylic acids is 1. The first-order chi connectivity index (χ1) is 8.04. The predicted molar refractivity (Wildman–Crippen MR) is 65.0 cm³/mol. The molecule has 6 nitrogen and oxygen atoms in total. The van der Waals surface area contributed by atoms with Crippen molar-refractivity contribution in [3.63, 3.8) is 0 Å². The molecule has 0 bridgehead atoms. The van der Waals surface area contributed by atoms with Gasteiger partial charge < -0.3 is 10.2 Å². The third-order valence-corrected chi connectivity index (χ3v) is 2.22. The van der Waals surface area contributed by atoms with Crippen molar-refractivity contribution in [2.45, 2.75) is 6.42 Å². The van der Waals surface area contributed by atoms with Crippen LogP contribution in [0.4, 0.5) is 11.4 Å². The number of nitro groups is 1. The molecule has 1 amide bonds. The van der Waals surface area contributed by atoms with Crippen molar-refractivity contribution in [3.8, 4) is 0 Å². The number of nitrogens with zero attached hydrogens (tertiary/aromatic N) is 2. The first-order valence-corrected chi connectivity index (χ1v) is 5.17. The molecule has 92 valence electrons. The molecule has 1 aliphatic heterocycles. The number of benzene rings is 1. The van der Waals surface area contributed by atoms with E-state index in [0.717, 1.165) is 25.1 Å². The Bertz CT molecular complexity index is 418. The van der Waals surface area contributed by atoms with Crippen LogP contribution in [0.25, 0.3) is 0 Å². The molecule has 1 heterocycles. The van der Waals surface area contributed by atoms with E-state index in [9.17, 15) is 14.9 Å². The molecule has 0 aliphatic carbocycles. The lowest BCUT2D eigenvalue weighted by molar-refractivity contribution is -0.384. The van der Waals surface area contributed by atoms with Gasteiger partial charge in [-0.15, -0.1) is 0 Å². The summed E-state index contributed by atoms with van der Waals surface area (Å²) in [6, 6.07) is 4.95. The van der Waals surface area contributed by atoms with Gasteiger partial charge in [-0.3, -0.25) is 14.9 Å². The van der Waals surface area contributed by atoms with Crippen LogP contribution in [0.1, 0.15) is 5.56 Å². The van der Waals surface area contributed by atoms with Crippen LogP contribution in [0.15, 0.2) is 18.2 Å². The quantitative estimate of drug-likeness (QED) is 0.477. The molecule has 17 heavy (non-hydrogen) atoms. The maximum atomic E-state index is 10.4. The van der Waals surface area contributed by atoms with Crippen molar-refractivity contribution in [2.75, 3.05) is 26.0 Å². The molecule has 0 saturated heterocycles. The summed E-state index contributed by atoms with van der Waals surface area (Å²) >= 11 is 0. The fraction of sp³-hybridized carbons (Fsp3) is 0.364. The number of anilines is 1. The van der Waals surface area contributed by atoms with Gasteiger partial charge in [0, 0.05) is 38.5 Å². The van der Waals surface area contributed by atoms with Crippen LogP contribution in [0.3, 0.4) is 0 Å². The standard InChI is InChI=1S/C8H8N2O2.C3H7NO/c11-10(12)7-2-1-6-3-4-9-8(6)5-7;1-4(2)3-5/h1-2,5,9H,3-4H2;3H,1-2H3. The Hall–Kier alpha value is -2.11. The summed E-state index contributed by atoms with van der Waals surface area (Å²) in [6.45, 7) is 0.885.